The fraction of sp³-hybridized carbons (Fsp3) is 0.433. The normalized spacial score (nSPS) is 15.4. The molecule has 0 spiro atoms. The van der Waals surface area contributed by atoms with Gasteiger partial charge in [-0.3, -0.25) is 9.69 Å². The molecule has 0 unspecified atom stereocenters. The van der Waals surface area contributed by atoms with E-state index in [1.165, 1.54) is 19.2 Å². The van der Waals surface area contributed by atoms with Crippen LogP contribution >= 0.6 is 11.8 Å². The molecule has 41 heavy (non-hydrogen) atoms. The Bertz CT molecular complexity index is 1280. The SMILES string of the molecule is COC(=O)[C@H](CCSC)N(C(=O)c1ccccc1)C1CCN(Cc2cn(Cc3ccc(C(F)(F)F)cc3)cn2)CC1. The first kappa shape index (κ1) is 30.6. The lowest BCUT2D eigenvalue weighted by molar-refractivity contribution is -0.147. The second-order valence-corrected chi connectivity index (χ2v) is 11.1. The largest absolute Gasteiger partial charge is 0.467 e. The van der Waals surface area contributed by atoms with Crippen molar-refractivity contribution in [3.8, 4) is 0 Å². The number of hydrogen-bond donors (Lipinski definition) is 0. The van der Waals surface area contributed by atoms with Crippen LogP contribution in [0.4, 0.5) is 13.2 Å². The maximum Gasteiger partial charge on any atom is 0.416 e. The number of hydrogen-bond acceptors (Lipinski definition) is 6. The van der Waals surface area contributed by atoms with Crippen LogP contribution in [0.5, 0.6) is 0 Å². The third-order valence-electron chi connectivity index (χ3n) is 7.33. The average Bonchev–Trinajstić information content (AvgIpc) is 3.41. The summed E-state index contributed by atoms with van der Waals surface area (Å²) in [6, 6.07) is 13.4. The molecule has 1 fully saturated rings. The molecular formula is C30H35F3N4O3S. The molecule has 1 aromatic heterocycles. The Labute approximate surface area is 242 Å². The van der Waals surface area contributed by atoms with Crippen LogP contribution in [0.2, 0.25) is 0 Å². The number of rotatable bonds is 11. The first-order chi connectivity index (χ1) is 19.7. The Morgan fingerprint density at radius 1 is 1.07 bits per heavy atom. The van der Waals surface area contributed by atoms with Gasteiger partial charge in [0.25, 0.3) is 5.91 Å². The summed E-state index contributed by atoms with van der Waals surface area (Å²) in [6.07, 6.45) is 3.14. The number of carbonyl (C=O) groups excluding carboxylic acids is 2. The lowest BCUT2D eigenvalue weighted by atomic mass is 9.98. The van der Waals surface area contributed by atoms with Crippen molar-refractivity contribution in [2.75, 3.05) is 32.2 Å². The lowest BCUT2D eigenvalue weighted by Crippen LogP contribution is -2.54. The Hall–Kier alpha value is -3.31. The minimum Gasteiger partial charge on any atom is -0.467 e. The van der Waals surface area contributed by atoms with Crippen molar-refractivity contribution in [2.45, 2.75) is 50.6 Å². The van der Waals surface area contributed by atoms with Gasteiger partial charge in [0.15, 0.2) is 0 Å². The number of nitrogens with zero attached hydrogens (tertiary/aromatic N) is 4. The van der Waals surface area contributed by atoms with E-state index in [2.05, 4.69) is 9.88 Å². The number of ether oxygens (including phenoxy) is 1. The summed E-state index contributed by atoms with van der Waals surface area (Å²) in [4.78, 5) is 35.0. The summed E-state index contributed by atoms with van der Waals surface area (Å²) in [5, 5.41) is 0. The molecule has 1 aliphatic rings. The van der Waals surface area contributed by atoms with Crippen LogP contribution in [0.25, 0.3) is 0 Å². The van der Waals surface area contributed by atoms with E-state index in [0.717, 1.165) is 42.2 Å². The van der Waals surface area contributed by atoms with Gasteiger partial charge in [0.1, 0.15) is 6.04 Å². The van der Waals surface area contributed by atoms with Gasteiger partial charge >= 0.3 is 12.1 Å². The summed E-state index contributed by atoms with van der Waals surface area (Å²) < 4.78 is 45.5. The van der Waals surface area contributed by atoms with Crippen molar-refractivity contribution in [1.29, 1.82) is 0 Å². The molecule has 3 aromatic rings. The maximum atomic E-state index is 13.7. The van der Waals surface area contributed by atoms with E-state index in [4.69, 9.17) is 4.74 Å². The average molecular weight is 589 g/mol. The number of alkyl halides is 3. The zero-order valence-electron chi connectivity index (χ0n) is 23.2. The van der Waals surface area contributed by atoms with E-state index >= 15 is 0 Å². The van der Waals surface area contributed by atoms with Gasteiger partial charge in [0.05, 0.1) is 24.7 Å². The van der Waals surface area contributed by atoms with Gasteiger partial charge in [-0.25, -0.2) is 9.78 Å². The summed E-state index contributed by atoms with van der Waals surface area (Å²) in [7, 11) is 1.36. The zero-order chi connectivity index (χ0) is 29.4. The Kier molecular flexibility index (Phi) is 10.5. The topological polar surface area (TPSA) is 67.7 Å². The summed E-state index contributed by atoms with van der Waals surface area (Å²) in [5.74, 6) is 0.165. The first-order valence-corrected chi connectivity index (χ1v) is 14.9. The van der Waals surface area contributed by atoms with Gasteiger partial charge in [-0.2, -0.15) is 24.9 Å². The van der Waals surface area contributed by atoms with Crippen LogP contribution in [-0.2, 0) is 28.8 Å². The number of likely N-dealkylation sites (tertiary alicyclic amines) is 1. The van der Waals surface area contributed by atoms with Crippen molar-refractivity contribution < 1.29 is 27.5 Å². The van der Waals surface area contributed by atoms with Crippen LogP contribution in [0.15, 0.2) is 67.1 Å². The Morgan fingerprint density at radius 2 is 1.76 bits per heavy atom. The number of methoxy groups -OCH3 is 1. The Morgan fingerprint density at radius 3 is 2.37 bits per heavy atom. The maximum absolute atomic E-state index is 13.7. The zero-order valence-corrected chi connectivity index (χ0v) is 24.0. The van der Waals surface area contributed by atoms with Gasteiger partial charge in [-0.15, -0.1) is 0 Å². The minimum absolute atomic E-state index is 0.109. The van der Waals surface area contributed by atoms with Crippen LogP contribution < -0.4 is 0 Å². The molecule has 0 radical (unpaired) electrons. The standard InChI is InChI=1S/C30H35F3N4O3S/c1-40-29(39)27(14-17-41-2)37(28(38)23-6-4-3-5-7-23)26-12-15-35(16-13-26)19-25-20-36(21-34-25)18-22-8-10-24(11-9-22)30(31,32)33/h3-11,20-21,26-27H,12-19H2,1-2H3/t27-/m0/s1. The highest BCUT2D eigenvalue weighted by Crippen LogP contribution is 2.29. The Balaban J connectivity index is 1.39. The van der Waals surface area contributed by atoms with Gasteiger partial charge in [0, 0.05) is 44.0 Å². The van der Waals surface area contributed by atoms with E-state index in [1.807, 2.05) is 35.2 Å². The molecule has 0 bridgehead atoms. The quantitative estimate of drug-likeness (QED) is 0.282. The van der Waals surface area contributed by atoms with Crippen LogP contribution in [-0.4, -0.2) is 75.5 Å². The van der Waals surface area contributed by atoms with Crippen LogP contribution in [0.3, 0.4) is 0 Å². The lowest BCUT2D eigenvalue weighted by Gasteiger charge is -2.41. The molecule has 7 nitrogen and oxygen atoms in total. The summed E-state index contributed by atoms with van der Waals surface area (Å²) >= 11 is 1.63. The molecule has 0 saturated carbocycles. The summed E-state index contributed by atoms with van der Waals surface area (Å²) in [5.41, 5.74) is 1.50. The van der Waals surface area contributed by atoms with Gasteiger partial charge < -0.3 is 14.2 Å². The molecule has 1 amide bonds. The molecule has 1 saturated heterocycles. The van der Waals surface area contributed by atoms with E-state index < -0.39 is 23.8 Å². The number of aromatic nitrogens is 2. The van der Waals surface area contributed by atoms with E-state index in [9.17, 15) is 22.8 Å². The number of halogens is 3. The highest BCUT2D eigenvalue weighted by Gasteiger charge is 2.37. The predicted molar refractivity (Wildman–Crippen MR) is 152 cm³/mol. The molecule has 220 valence electrons. The predicted octanol–water partition coefficient (Wildman–Crippen LogP) is 5.35. The van der Waals surface area contributed by atoms with Crippen LogP contribution in [0.1, 0.15) is 46.4 Å². The number of imidazole rings is 1. The molecule has 0 N–H and O–H groups in total. The third-order valence-corrected chi connectivity index (χ3v) is 7.97. The highest BCUT2D eigenvalue weighted by molar-refractivity contribution is 7.98. The number of carbonyl (C=O) groups is 2. The summed E-state index contributed by atoms with van der Waals surface area (Å²) in [6.45, 7) is 2.50. The second kappa shape index (κ2) is 14.0. The fourth-order valence-corrected chi connectivity index (χ4v) is 5.66. The van der Waals surface area contributed by atoms with Crippen molar-refractivity contribution in [2.24, 2.45) is 0 Å². The highest BCUT2D eigenvalue weighted by atomic mass is 32.2. The minimum atomic E-state index is -4.35. The van der Waals surface area contributed by atoms with Crippen molar-refractivity contribution in [3.63, 3.8) is 0 Å². The van der Waals surface area contributed by atoms with Gasteiger partial charge in [-0.05, 0) is 61.1 Å². The molecule has 0 aliphatic carbocycles. The van der Waals surface area contributed by atoms with Crippen molar-refractivity contribution in [3.05, 3.63) is 89.5 Å². The van der Waals surface area contributed by atoms with Crippen LogP contribution in [0, 0.1) is 0 Å². The molecule has 2 heterocycles. The molecule has 4 rings (SSSR count). The van der Waals surface area contributed by atoms with Crippen molar-refractivity contribution >= 4 is 23.6 Å². The molecular weight excluding hydrogens is 553 g/mol. The second-order valence-electron chi connectivity index (χ2n) is 10.1. The third kappa shape index (κ3) is 8.13. The van der Waals surface area contributed by atoms with E-state index in [-0.39, 0.29) is 11.9 Å². The van der Waals surface area contributed by atoms with E-state index in [1.54, 1.807) is 35.1 Å². The molecule has 11 heteroatoms. The number of amides is 1. The number of piperidine rings is 1. The number of thioether (sulfide) groups is 1. The monoisotopic (exact) mass is 588 g/mol. The first-order valence-electron chi connectivity index (χ1n) is 13.5. The molecule has 1 aliphatic heterocycles. The molecule has 2 aromatic carbocycles. The van der Waals surface area contributed by atoms with Gasteiger partial charge in [0.2, 0.25) is 0 Å². The van der Waals surface area contributed by atoms with Gasteiger partial charge in [-0.1, -0.05) is 30.3 Å². The molecule has 1 atom stereocenters. The smallest absolute Gasteiger partial charge is 0.416 e. The fourth-order valence-electron chi connectivity index (χ4n) is 5.20. The van der Waals surface area contributed by atoms with E-state index in [0.29, 0.717) is 37.9 Å². The van der Waals surface area contributed by atoms with Crippen molar-refractivity contribution in [1.82, 2.24) is 19.4 Å². The number of benzene rings is 2. The number of esters is 1.